The van der Waals surface area contributed by atoms with Crippen LogP contribution in [-0.4, -0.2) is 75.1 Å². The SMILES string of the molecule is CC(N)COCC(C)N.CO[Si](CCCNCCN)(OC)OC. The van der Waals surface area contributed by atoms with Crippen molar-refractivity contribution < 1.29 is 18.0 Å². The second-order valence-corrected chi connectivity index (χ2v) is 8.52. The van der Waals surface area contributed by atoms with Gasteiger partial charge in [-0.05, 0) is 26.8 Å². The molecule has 23 heavy (non-hydrogen) atoms. The van der Waals surface area contributed by atoms with E-state index in [-0.39, 0.29) is 12.1 Å². The molecule has 0 aromatic heterocycles. The Labute approximate surface area is 142 Å². The molecule has 0 rings (SSSR count). The maximum absolute atomic E-state index is 5.41. The summed E-state index contributed by atoms with van der Waals surface area (Å²) in [5, 5.41) is 3.21. The molecule has 0 amide bonds. The van der Waals surface area contributed by atoms with Gasteiger partial charge in [0, 0.05) is 52.5 Å². The lowest BCUT2D eigenvalue weighted by Gasteiger charge is -2.24. The second kappa shape index (κ2) is 16.7. The van der Waals surface area contributed by atoms with Crippen molar-refractivity contribution in [1.29, 1.82) is 0 Å². The van der Waals surface area contributed by atoms with E-state index in [4.69, 9.17) is 35.2 Å². The summed E-state index contributed by atoms with van der Waals surface area (Å²) in [6.45, 7) is 7.44. The Bertz CT molecular complexity index is 229. The fourth-order valence-electron chi connectivity index (χ4n) is 1.65. The Morgan fingerprint density at radius 3 is 1.74 bits per heavy atom. The van der Waals surface area contributed by atoms with Gasteiger partial charge in [-0.1, -0.05) is 0 Å². The molecule has 2 unspecified atom stereocenters. The molecule has 0 bridgehead atoms. The molecule has 0 saturated heterocycles. The topological polar surface area (TPSA) is 127 Å². The maximum atomic E-state index is 5.41. The molecule has 0 saturated carbocycles. The van der Waals surface area contributed by atoms with E-state index >= 15 is 0 Å². The Kier molecular flexibility index (Phi) is 18.3. The van der Waals surface area contributed by atoms with Crippen LogP contribution in [0.15, 0.2) is 0 Å². The monoisotopic (exact) mass is 354 g/mol. The van der Waals surface area contributed by atoms with Gasteiger partial charge in [0.2, 0.25) is 0 Å². The summed E-state index contributed by atoms with van der Waals surface area (Å²) in [5.41, 5.74) is 16.2. The average molecular weight is 355 g/mol. The average Bonchev–Trinajstić information content (AvgIpc) is 2.51. The molecule has 0 heterocycles. The molecule has 0 radical (unpaired) electrons. The van der Waals surface area contributed by atoms with E-state index in [0.29, 0.717) is 19.8 Å². The highest BCUT2D eigenvalue weighted by Crippen LogP contribution is 2.14. The smallest absolute Gasteiger partial charge is 0.378 e. The zero-order valence-corrected chi connectivity index (χ0v) is 16.5. The van der Waals surface area contributed by atoms with Crippen molar-refractivity contribution in [3.05, 3.63) is 0 Å². The summed E-state index contributed by atoms with van der Waals surface area (Å²) < 4.78 is 21.0. The van der Waals surface area contributed by atoms with Crippen LogP contribution >= 0.6 is 0 Å². The quantitative estimate of drug-likeness (QED) is 0.257. The predicted octanol–water partition coefficient (Wildman–Crippen LogP) is -0.500. The molecule has 8 nitrogen and oxygen atoms in total. The van der Waals surface area contributed by atoms with E-state index in [1.807, 2.05) is 13.8 Å². The van der Waals surface area contributed by atoms with Crippen LogP contribution in [0.4, 0.5) is 0 Å². The zero-order valence-electron chi connectivity index (χ0n) is 15.5. The van der Waals surface area contributed by atoms with Gasteiger partial charge < -0.3 is 40.5 Å². The summed E-state index contributed by atoms with van der Waals surface area (Å²) in [4.78, 5) is 0. The highest BCUT2D eigenvalue weighted by molar-refractivity contribution is 6.60. The number of hydrogen-bond donors (Lipinski definition) is 4. The third-order valence-corrected chi connectivity index (χ3v) is 5.68. The first-order valence-corrected chi connectivity index (χ1v) is 9.95. The van der Waals surface area contributed by atoms with Crippen LogP contribution in [0.25, 0.3) is 0 Å². The lowest BCUT2D eigenvalue weighted by atomic mass is 10.4. The third kappa shape index (κ3) is 16.5. The number of hydrogen-bond acceptors (Lipinski definition) is 8. The predicted molar refractivity (Wildman–Crippen MR) is 96.2 cm³/mol. The van der Waals surface area contributed by atoms with Gasteiger partial charge in [0.1, 0.15) is 0 Å². The van der Waals surface area contributed by atoms with Gasteiger partial charge in [-0.3, -0.25) is 0 Å². The first-order valence-electron chi connectivity index (χ1n) is 8.02. The Balaban J connectivity index is 0. The third-order valence-electron chi connectivity index (χ3n) is 2.85. The summed E-state index contributed by atoms with van der Waals surface area (Å²) in [7, 11) is 2.55. The molecule has 7 N–H and O–H groups in total. The summed E-state index contributed by atoms with van der Waals surface area (Å²) >= 11 is 0. The highest BCUT2D eigenvalue weighted by atomic mass is 28.4. The zero-order chi connectivity index (χ0) is 18.1. The second-order valence-electron chi connectivity index (χ2n) is 5.43. The van der Waals surface area contributed by atoms with Crippen molar-refractivity contribution in [2.24, 2.45) is 17.2 Å². The van der Waals surface area contributed by atoms with Crippen molar-refractivity contribution >= 4 is 8.80 Å². The van der Waals surface area contributed by atoms with Crippen LogP contribution in [0.3, 0.4) is 0 Å². The molecule has 0 spiro atoms. The Hall–Kier alpha value is -0.103. The van der Waals surface area contributed by atoms with Crippen molar-refractivity contribution in [1.82, 2.24) is 5.32 Å². The summed E-state index contributed by atoms with van der Waals surface area (Å²) in [6, 6.07) is 1.06. The molecule has 142 valence electrons. The Morgan fingerprint density at radius 2 is 1.39 bits per heavy atom. The van der Waals surface area contributed by atoms with Crippen molar-refractivity contribution in [3.8, 4) is 0 Å². The van der Waals surface area contributed by atoms with Gasteiger partial charge in [-0.2, -0.15) is 0 Å². The lowest BCUT2D eigenvalue weighted by Crippen LogP contribution is -2.43. The molecule has 0 fully saturated rings. The molecular formula is C14H38N4O4Si. The molecule has 2 atom stereocenters. The van der Waals surface area contributed by atoms with Gasteiger partial charge in [-0.15, -0.1) is 0 Å². The van der Waals surface area contributed by atoms with E-state index in [1.165, 1.54) is 0 Å². The Morgan fingerprint density at radius 1 is 0.913 bits per heavy atom. The van der Waals surface area contributed by atoms with E-state index in [2.05, 4.69) is 5.32 Å². The van der Waals surface area contributed by atoms with Gasteiger partial charge in [-0.25, -0.2) is 0 Å². The first-order chi connectivity index (χ1) is 10.9. The fraction of sp³-hybridized carbons (Fsp3) is 1.00. The van der Waals surface area contributed by atoms with Crippen molar-refractivity contribution in [2.75, 3.05) is 54.2 Å². The minimum absolute atomic E-state index is 0.115. The first kappa shape index (κ1) is 25.1. The van der Waals surface area contributed by atoms with Crippen LogP contribution in [0.5, 0.6) is 0 Å². The number of rotatable bonds is 13. The van der Waals surface area contributed by atoms with Gasteiger partial charge in [0.15, 0.2) is 0 Å². The minimum Gasteiger partial charge on any atom is -0.378 e. The lowest BCUT2D eigenvalue weighted by molar-refractivity contribution is 0.115. The fourth-order valence-corrected chi connectivity index (χ4v) is 3.38. The van der Waals surface area contributed by atoms with E-state index in [1.54, 1.807) is 21.3 Å². The molecule has 0 aliphatic carbocycles. The molecule has 0 aliphatic rings. The molecule has 0 aromatic carbocycles. The molecular weight excluding hydrogens is 316 g/mol. The van der Waals surface area contributed by atoms with Crippen LogP contribution < -0.4 is 22.5 Å². The largest absolute Gasteiger partial charge is 0.500 e. The highest BCUT2D eigenvalue weighted by Gasteiger charge is 2.36. The van der Waals surface area contributed by atoms with Crippen LogP contribution in [0.2, 0.25) is 6.04 Å². The molecule has 0 aliphatic heterocycles. The van der Waals surface area contributed by atoms with Crippen molar-refractivity contribution in [2.45, 2.75) is 38.4 Å². The summed E-state index contributed by atoms with van der Waals surface area (Å²) in [6.07, 6.45) is 0.974. The van der Waals surface area contributed by atoms with Crippen LogP contribution in [0, 0.1) is 0 Å². The van der Waals surface area contributed by atoms with E-state index in [9.17, 15) is 0 Å². The number of nitrogens with one attached hydrogen (secondary N) is 1. The van der Waals surface area contributed by atoms with E-state index < -0.39 is 8.80 Å². The summed E-state index contributed by atoms with van der Waals surface area (Å²) in [5.74, 6) is 0. The number of nitrogens with two attached hydrogens (primary N) is 3. The van der Waals surface area contributed by atoms with Gasteiger partial charge >= 0.3 is 8.80 Å². The maximum Gasteiger partial charge on any atom is 0.500 e. The standard InChI is InChI=1S/C8H22N2O3Si.C6H16N2O/c1-11-14(12-2,13-3)8-4-6-10-7-5-9;1-5(7)3-9-4-6(2)8/h10H,4-9H2,1-3H3;5-6H,3-4,7-8H2,1-2H3. The number of ether oxygens (including phenoxy) is 1. The van der Waals surface area contributed by atoms with Gasteiger partial charge in [0.25, 0.3) is 0 Å². The molecule has 9 heteroatoms. The van der Waals surface area contributed by atoms with E-state index in [0.717, 1.165) is 25.6 Å². The van der Waals surface area contributed by atoms with Gasteiger partial charge in [0.05, 0.1) is 13.2 Å². The minimum atomic E-state index is -2.35. The van der Waals surface area contributed by atoms with Crippen LogP contribution in [-0.2, 0) is 18.0 Å². The normalized spacial score (nSPS) is 14.1. The molecule has 0 aromatic rings. The van der Waals surface area contributed by atoms with Crippen LogP contribution in [0.1, 0.15) is 20.3 Å². The van der Waals surface area contributed by atoms with Crippen molar-refractivity contribution in [3.63, 3.8) is 0 Å².